The molecule has 4 rings (SSSR count). The molecule has 0 bridgehead atoms. The van der Waals surface area contributed by atoms with Crippen LogP contribution >= 0.6 is 11.3 Å². The molecular weight excluding hydrogens is 382 g/mol. The van der Waals surface area contributed by atoms with E-state index in [2.05, 4.69) is 15.3 Å². The highest BCUT2D eigenvalue weighted by atomic mass is 32.1. The van der Waals surface area contributed by atoms with Gasteiger partial charge in [-0.05, 0) is 31.0 Å². The standard InChI is InChI=1S/C20H20F2N4OS/c1-12-8-16-17(24-13(12)2)25-19(28-16)26-11-20(21,22)9-15(26)18(27)23-10-14-6-4-3-5-7-14/h3-8,15H,9-11H2,1-2H3,(H,23,27)/t15-/m1/s1. The second-order valence-corrected chi connectivity index (χ2v) is 8.13. The van der Waals surface area contributed by atoms with Crippen LogP contribution in [0, 0.1) is 13.8 Å². The van der Waals surface area contributed by atoms with Crippen molar-refractivity contribution in [1.82, 2.24) is 15.3 Å². The molecule has 28 heavy (non-hydrogen) atoms. The van der Waals surface area contributed by atoms with Crippen LogP contribution in [0.4, 0.5) is 13.9 Å². The zero-order chi connectivity index (χ0) is 19.9. The summed E-state index contributed by atoms with van der Waals surface area (Å²) in [7, 11) is 0. The molecule has 8 heteroatoms. The van der Waals surface area contributed by atoms with Crippen molar-refractivity contribution in [2.24, 2.45) is 0 Å². The number of carbonyl (C=O) groups excluding carboxylic acids is 1. The first-order chi connectivity index (χ1) is 13.3. The highest BCUT2D eigenvalue weighted by Crippen LogP contribution is 2.39. The first kappa shape index (κ1) is 18.7. The number of fused-ring (bicyclic) bond motifs is 1. The van der Waals surface area contributed by atoms with Gasteiger partial charge in [0, 0.05) is 18.7 Å². The zero-order valence-corrected chi connectivity index (χ0v) is 16.4. The summed E-state index contributed by atoms with van der Waals surface area (Å²) >= 11 is 1.29. The molecule has 1 saturated heterocycles. The Kier molecular flexibility index (Phi) is 4.74. The number of hydrogen-bond donors (Lipinski definition) is 1. The molecule has 1 aliphatic rings. The van der Waals surface area contributed by atoms with Crippen molar-refractivity contribution in [3.05, 3.63) is 53.2 Å². The van der Waals surface area contributed by atoms with E-state index in [0.29, 0.717) is 17.3 Å². The number of carbonyl (C=O) groups is 1. The molecule has 1 atom stereocenters. The van der Waals surface area contributed by atoms with E-state index in [0.717, 1.165) is 21.5 Å². The minimum atomic E-state index is -2.94. The van der Waals surface area contributed by atoms with Crippen LogP contribution < -0.4 is 10.2 Å². The summed E-state index contributed by atoms with van der Waals surface area (Å²) < 4.78 is 29.2. The monoisotopic (exact) mass is 402 g/mol. The Bertz CT molecular complexity index is 983. The molecule has 0 radical (unpaired) electrons. The van der Waals surface area contributed by atoms with Crippen LogP contribution in [0.2, 0.25) is 0 Å². The molecule has 1 fully saturated rings. The van der Waals surface area contributed by atoms with Crippen LogP contribution in [0.3, 0.4) is 0 Å². The number of halogens is 2. The predicted molar refractivity (Wildman–Crippen MR) is 106 cm³/mol. The zero-order valence-electron chi connectivity index (χ0n) is 15.6. The number of nitrogens with zero attached hydrogens (tertiary/aromatic N) is 3. The van der Waals surface area contributed by atoms with E-state index in [1.807, 2.05) is 50.2 Å². The van der Waals surface area contributed by atoms with E-state index in [4.69, 9.17) is 0 Å². The van der Waals surface area contributed by atoms with Crippen LogP contribution in [0.25, 0.3) is 10.3 Å². The number of benzene rings is 1. The van der Waals surface area contributed by atoms with Crippen LogP contribution in [0.15, 0.2) is 36.4 Å². The van der Waals surface area contributed by atoms with E-state index < -0.39 is 30.8 Å². The van der Waals surface area contributed by atoms with Crippen molar-refractivity contribution >= 4 is 32.7 Å². The van der Waals surface area contributed by atoms with Gasteiger partial charge in [0.1, 0.15) is 6.04 Å². The average molecular weight is 402 g/mol. The molecule has 0 saturated carbocycles. The molecule has 146 valence electrons. The van der Waals surface area contributed by atoms with E-state index in [-0.39, 0.29) is 0 Å². The maximum absolute atomic E-state index is 14.2. The maximum atomic E-state index is 14.2. The molecule has 3 aromatic rings. The first-order valence-corrected chi connectivity index (χ1v) is 9.85. The van der Waals surface area contributed by atoms with Crippen molar-refractivity contribution in [3.8, 4) is 0 Å². The lowest BCUT2D eigenvalue weighted by atomic mass is 10.1. The van der Waals surface area contributed by atoms with Gasteiger partial charge in [-0.3, -0.25) is 4.79 Å². The van der Waals surface area contributed by atoms with E-state index >= 15 is 0 Å². The lowest BCUT2D eigenvalue weighted by Gasteiger charge is -2.22. The summed E-state index contributed by atoms with van der Waals surface area (Å²) in [5.41, 5.74) is 3.32. The van der Waals surface area contributed by atoms with Gasteiger partial charge in [-0.15, -0.1) is 0 Å². The molecule has 0 unspecified atom stereocenters. The number of hydrogen-bond acceptors (Lipinski definition) is 5. The number of pyridine rings is 1. The third-order valence-electron chi connectivity index (χ3n) is 4.94. The number of rotatable bonds is 4. The number of amides is 1. The van der Waals surface area contributed by atoms with Crippen molar-refractivity contribution in [1.29, 1.82) is 0 Å². The van der Waals surface area contributed by atoms with Crippen LogP contribution in [-0.2, 0) is 11.3 Å². The first-order valence-electron chi connectivity index (χ1n) is 9.03. The van der Waals surface area contributed by atoms with Crippen molar-refractivity contribution in [2.75, 3.05) is 11.4 Å². The van der Waals surface area contributed by atoms with Crippen molar-refractivity contribution in [2.45, 2.75) is 38.8 Å². The molecule has 0 aliphatic carbocycles. The van der Waals surface area contributed by atoms with E-state index in [9.17, 15) is 13.6 Å². The van der Waals surface area contributed by atoms with Gasteiger partial charge in [0.25, 0.3) is 5.92 Å². The van der Waals surface area contributed by atoms with E-state index in [1.165, 1.54) is 16.2 Å². The van der Waals surface area contributed by atoms with Gasteiger partial charge < -0.3 is 10.2 Å². The van der Waals surface area contributed by atoms with Gasteiger partial charge >= 0.3 is 0 Å². The quantitative estimate of drug-likeness (QED) is 0.720. The second-order valence-electron chi connectivity index (χ2n) is 7.12. The summed E-state index contributed by atoms with van der Waals surface area (Å²) in [6.45, 7) is 3.62. The molecule has 1 aliphatic heterocycles. The summed E-state index contributed by atoms with van der Waals surface area (Å²) in [5, 5.41) is 3.18. The summed E-state index contributed by atoms with van der Waals surface area (Å²) in [6.07, 6.45) is -0.519. The lowest BCUT2D eigenvalue weighted by molar-refractivity contribution is -0.123. The SMILES string of the molecule is Cc1cc2sc(N3CC(F)(F)C[C@@H]3C(=O)NCc3ccccc3)nc2nc1C. The van der Waals surface area contributed by atoms with Gasteiger partial charge in [-0.2, -0.15) is 4.98 Å². The molecule has 1 amide bonds. The fourth-order valence-corrected chi connectivity index (χ4v) is 4.37. The highest BCUT2D eigenvalue weighted by Gasteiger charge is 2.49. The number of aromatic nitrogens is 2. The fraction of sp³-hybridized carbons (Fsp3) is 0.350. The molecule has 3 heterocycles. The molecule has 5 nitrogen and oxygen atoms in total. The van der Waals surface area contributed by atoms with Crippen LogP contribution in [0.1, 0.15) is 23.2 Å². The third kappa shape index (κ3) is 3.69. The minimum Gasteiger partial charge on any atom is -0.350 e. The largest absolute Gasteiger partial charge is 0.350 e. The smallest absolute Gasteiger partial charge is 0.267 e. The number of alkyl halides is 2. The predicted octanol–water partition coefficient (Wildman–Crippen LogP) is 3.84. The summed E-state index contributed by atoms with van der Waals surface area (Å²) in [4.78, 5) is 23.0. The molecular formula is C20H20F2N4OS. The Balaban J connectivity index is 1.58. The van der Waals surface area contributed by atoms with Gasteiger partial charge in [0.05, 0.1) is 11.2 Å². The summed E-state index contributed by atoms with van der Waals surface area (Å²) in [6, 6.07) is 10.4. The number of aryl methyl sites for hydroxylation is 2. The molecule has 0 spiro atoms. The normalized spacial score (nSPS) is 18.6. The Hall–Kier alpha value is -2.61. The van der Waals surface area contributed by atoms with Crippen molar-refractivity contribution < 1.29 is 13.6 Å². The van der Waals surface area contributed by atoms with Crippen LogP contribution in [0.5, 0.6) is 0 Å². The van der Waals surface area contributed by atoms with Gasteiger partial charge in [-0.1, -0.05) is 41.7 Å². The fourth-order valence-electron chi connectivity index (χ4n) is 3.31. The Morgan fingerprint density at radius 2 is 2.04 bits per heavy atom. The topological polar surface area (TPSA) is 58.1 Å². The van der Waals surface area contributed by atoms with Crippen LogP contribution in [-0.4, -0.2) is 34.4 Å². The number of nitrogens with one attached hydrogen (secondary N) is 1. The van der Waals surface area contributed by atoms with Gasteiger partial charge in [-0.25, -0.2) is 13.8 Å². The van der Waals surface area contributed by atoms with Crippen molar-refractivity contribution in [3.63, 3.8) is 0 Å². The maximum Gasteiger partial charge on any atom is 0.267 e. The second kappa shape index (κ2) is 7.09. The Morgan fingerprint density at radius 1 is 1.29 bits per heavy atom. The average Bonchev–Trinajstić information content (AvgIpc) is 3.21. The van der Waals surface area contributed by atoms with Gasteiger partial charge in [0.2, 0.25) is 5.91 Å². The highest BCUT2D eigenvalue weighted by molar-refractivity contribution is 7.22. The molecule has 1 aromatic carbocycles. The summed E-state index contributed by atoms with van der Waals surface area (Å²) in [5.74, 6) is -3.35. The van der Waals surface area contributed by atoms with E-state index in [1.54, 1.807) is 0 Å². The number of anilines is 1. The van der Waals surface area contributed by atoms with Gasteiger partial charge in [0.15, 0.2) is 10.8 Å². The third-order valence-corrected chi connectivity index (χ3v) is 5.97. The number of thiazole rings is 1. The Labute approximate surface area is 165 Å². The lowest BCUT2D eigenvalue weighted by Crippen LogP contribution is -2.43. The Morgan fingerprint density at radius 3 is 2.79 bits per heavy atom. The minimum absolute atomic E-state index is 0.301. The molecule has 1 N–H and O–H groups in total. The molecule has 2 aromatic heterocycles.